The quantitative estimate of drug-likeness (QED) is 0.834. The van der Waals surface area contributed by atoms with Crippen LogP contribution in [-0.2, 0) is 17.9 Å². The Morgan fingerprint density at radius 2 is 1.88 bits per heavy atom. The summed E-state index contributed by atoms with van der Waals surface area (Å²) in [6.45, 7) is 2.82. The number of likely N-dealkylation sites (tertiary alicyclic amines) is 1. The van der Waals surface area contributed by atoms with Gasteiger partial charge in [0.25, 0.3) is 0 Å². The summed E-state index contributed by atoms with van der Waals surface area (Å²) in [5, 5.41) is 8.92. The number of nitrogens with zero attached hydrogens (tertiary/aromatic N) is 1. The largest absolute Gasteiger partial charge is 0.462 e. The summed E-state index contributed by atoms with van der Waals surface area (Å²) in [6.07, 6.45) is 3.24. The molecule has 2 atom stereocenters. The molecular weight excluding hydrogens is 206 g/mol. The highest BCUT2D eigenvalue weighted by Gasteiger charge is 2.33. The molecular formula is C12H17NO3. The molecule has 2 bridgehead atoms. The molecule has 0 radical (unpaired) electrons. The first-order valence-electron chi connectivity index (χ1n) is 5.90. The molecule has 0 amide bonds. The van der Waals surface area contributed by atoms with Crippen LogP contribution in [0.5, 0.6) is 0 Å². The minimum absolute atomic E-state index is 0.0195. The molecule has 4 nitrogen and oxygen atoms in total. The zero-order valence-corrected chi connectivity index (χ0v) is 9.26. The fourth-order valence-corrected chi connectivity index (χ4v) is 2.64. The monoisotopic (exact) mass is 223 g/mol. The fourth-order valence-electron chi connectivity index (χ4n) is 2.64. The summed E-state index contributed by atoms with van der Waals surface area (Å²) in [5.41, 5.74) is 0. The van der Waals surface area contributed by atoms with Gasteiger partial charge in [0.2, 0.25) is 0 Å². The van der Waals surface area contributed by atoms with Gasteiger partial charge in [-0.1, -0.05) is 0 Å². The van der Waals surface area contributed by atoms with Gasteiger partial charge in [0.1, 0.15) is 18.1 Å². The van der Waals surface area contributed by atoms with Gasteiger partial charge in [0, 0.05) is 13.1 Å². The van der Waals surface area contributed by atoms with Gasteiger partial charge in [0.15, 0.2) is 0 Å². The molecule has 2 aliphatic heterocycles. The second-order valence-electron chi connectivity index (χ2n) is 4.68. The second kappa shape index (κ2) is 4.20. The van der Waals surface area contributed by atoms with Gasteiger partial charge in [-0.2, -0.15) is 0 Å². The molecule has 1 N–H and O–H groups in total. The highest BCUT2D eigenvalue weighted by atomic mass is 16.5. The molecule has 0 saturated carbocycles. The maximum absolute atomic E-state index is 8.92. The lowest BCUT2D eigenvalue weighted by Gasteiger charge is -2.31. The third-order valence-electron chi connectivity index (χ3n) is 3.37. The molecule has 4 heteroatoms. The van der Waals surface area contributed by atoms with Gasteiger partial charge in [-0.05, 0) is 25.0 Å². The predicted octanol–water partition coefficient (Wildman–Crippen LogP) is 1.14. The summed E-state index contributed by atoms with van der Waals surface area (Å²) < 4.78 is 11.3. The molecule has 0 spiro atoms. The van der Waals surface area contributed by atoms with Crippen molar-refractivity contribution in [2.45, 2.75) is 38.2 Å². The lowest BCUT2D eigenvalue weighted by Crippen LogP contribution is -2.41. The zero-order valence-electron chi connectivity index (χ0n) is 9.26. The van der Waals surface area contributed by atoms with Gasteiger partial charge in [-0.15, -0.1) is 0 Å². The van der Waals surface area contributed by atoms with E-state index in [1.807, 2.05) is 12.1 Å². The highest BCUT2D eigenvalue weighted by molar-refractivity contribution is 5.06. The third kappa shape index (κ3) is 2.00. The van der Waals surface area contributed by atoms with Gasteiger partial charge in [-0.25, -0.2) is 0 Å². The minimum Gasteiger partial charge on any atom is -0.462 e. The van der Waals surface area contributed by atoms with Crippen LogP contribution in [0.25, 0.3) is 0 Å². The Bertz CT molecular complexity index is 351. The molecule has 0 aliphatic carbocycles. The molecule has 3 heterocycles. The Labute approximate surface area is 94.8 Å². The average molecular weight is 223 g/mol. The number of hydrogen-bond acceptors (Lipinski definition) is 4. The van der Waals surface area contributed by atoms with E-state index in [-0.39, 0.29) is 6.61 Å². The van der Waals surface area contributed by atoms with Crippen LogP contribution in [0.4, 0.5) is 0 Å². The third-order valence-corrected chi connectivity index (χ3v) is 3.37. The SMILES string of the molecule is OCc1ccc(CN2CC3CCC(C2)O3)o1. The van der Waals surface area contributed by atoms with Crippen molar-refractivity contribution in [3.8, 4) is 0 Å². The number of hydrogen-bond donors (Lipinski definition) is 1. The van der Waals surface area contributed by atoms with Gasteiger partial charge in [-0.3, -0.25) is 4.90 Å². The van der Waals surface area contributed by atoms with Crippen LogP contribution in [-0.4, -0.2) is 35.3 Å². The highest BCUT2D eigenvalue weighted by Crippen LogP contribution is 2.27. The van der Waals surface area contributed by atoms with Crippen molar-refractivity contribution in [3.05, 3.63) is 23.7 Å². The van der Waals surface area contributed by atoms with Gasteiger partial charge in [0.05, 0.1) is 18.8 Å². The number of rotatable bonds is 3. The van der Waals surface area contributed by atoms with E-state index in [0.29, 0.717) is 18.0 Å². The van der Waals surface area contributed by atoms with E-state index >= 15 is 0 Å². The minimum atomic E-state index is -0.0195. The first kappa shape index (κ1) is 10.3. The van der Waals surface area contributed by atoms with Crippen molar-refractivity contribution >= 4 is 0 Å². The van der Waals surface area contributed by atoms with Crippen molar-refractivity contribution in [2.24, 2.45) is 0 Å². The van der Waals surface area contributed by atoms with Crippen molar-refractivity contribution in [1.29, 1.82) is 0 Å². The molecule has 1 aromatic heterocycles. The predicted molar refractivity (Wildman–Crippen MR) is 57.8 cm³/mol. The lowest BCUT2D eigenvalue weighted by atomic mass is 10.2. The van der Waals surface area contributed by atoms with E-state index in [1.165, 1.54) is 12.8 Å². The van der Waals surface area contributed by atoms with Crippen LogP contribution < -0.4 is 0 Å². The maximum atomic E-state index is 8.92. The molecule has 2 fully saturated rings. The Hall–Kier alpha value is -0.840. The van der Waals surface area contributed by atoms with E-state index < -0.39 is 0 Å². The first-order chi connectivity index (χ1) is 7.83. The Kier molecular flexibility index (Phi) is 2.71. The van der Waals surface area contributed by atoms with Crippen molar-refractivity contribution in [1.82, 2.24) is 4.90 Å². The Morgan fingerprint density at radius 1 is 1.19 bits per heavy atom. The molecule has 0 aromatic carbocycles. The molecule has 3 rings (SSSR count). The Morgan fingerprint density at radius 3 is 2.50 bits per heavy atom. The number of aliphatic hydroxyl groups is 1. The summed E-state index contributed by atoms with van der Waals surface area (Å²) in [6, 6.07) is 3.79. The topological polar surface area (TPSA) is 45.8 Å². The number of furan rings is 1. The van der Waals surface area contributed by atoms with E-state index in [1.54, 1.807) is 0 Å². The number of aliphatic hydroxyl groups excluding tert-OH is 1. The Balaban J connectivity index is 1.62. The molecule has 2 unspecified atom stereocenters. The van der Waals surface area contributed by atoms with E-state index in [4.69, 9.17) is 14.3 Å². The van der Waals surface area contributed by atoms with E-state index in [0.717, 1.165) is 25.4 Å². The zero-order chi connectivity index (χ0) is 11.0. The van der Waals surface area contributed by atoms with E-state index in [2.05, 4.69) is 4.90 Å². The van der Waals surface area contributed by atoms with Gasteiger partial charge >= 0.3 is 0 Å². The van der Waals surface area contributed by atoms with Crippen molar-refractivity contribution in [2.75, 3.05) is 13.1 Å². The normalized spacial score (nSPS) is 29.8. The van der Waals surface area contributed by atoms with Crippen LogP contribution in [0.3, 0.4) is 0 Å². The van der Waals surface area contributed by atoms with Crippen LogP contribution in [0.1, 0.15) is 24.4 Å². The average Bonchev–Trinajstić information content (AvgIpc) is 2.86. The maximum Gasteiger partial charge on any atom is 0.129 e. The molecule has 88 valence electrons. The summed E-state index contributed by atoms with van der Waals surface area (Å²) in [7, 11) is 0. The van der Waals surface area contributed by atoms with Crippen LogP contribution >= 0.6 is 0 Å². The molecule has 1 aromatic rings. The number of fused-ring (bicyclic) bond motifs is 2. The van der Waals surface area contributed by atoms with Crippen LogP contribution in [0.2, 0.25) is 0 Å². The summed E-state index contributed by atoms with van der Waals surface area (Å²) in [4.78, 5) is 2.38. The lowest BCUT2D eigenvalue weighted by molar-refractivity contribution is -0.0428. The van der Waals surface area contributed by atoms with Crippen LogP contribution in [0, 0.1) is 0 Å². The molecule has 2 saturated heterocycles. The summed E-state index contributed by atoms with van der Waals surface area (Å²) in [5.74, 6) is 1.58. The number of morpholine rings is 1. The molecule has 2 aliphatic rings. The van der Waals surface area contributed by atoms with Crippen molar-refractivity contribution < 1.29 is 14.3 Å². The smallest absolute Gasteiger partial charge is 0.129 e. The first-order valence-corrected chi connectivity index (χ1v) is 5.90. The van der Waals surface area contributed by atoms with Crippen molar-refractivity contribution in [3.63, 3.8) is 0 Å². The van der Waals surface area contributed by atoms with Crippen LogP contribution in [0.15, 0.2) is 16.5 Å². The fraction of sp³-hybridized carbons (Fsp3) is 0.667. The van der Waals surface area contributed by atoms with Gasteiger partial charge < -0.3 is 14.3 Å². The van der Waals surface area contributed by atoms with E-state index in [9.17, 15) is 0 Å². The standard InChI is InChI=1S/C12H17NO3/c14-8-12-4-3-11(16-12)7-13-5-9-1-2-10(6-13)15-9/h3-4,9-10,14H,1-2,5-8H2. The second-order valence-corrected chi connectivity index (χ2v) is 4.68. The summed E-state index contributed by atoms with van der Waals surface area (Å²) >= 11 is 0. The number of ether oxygens (including phenoxy) is 1. The molecule has 16 heavy (non-hydrogen) atoms.